The van der Waals surface area contributed by atoms with E-state index >= 15 is 0 Å². The summed E-state index contributed by atoms with van der Waals surface area (Å²) in [4.78, 5) is 18.3. The Hall–Kier alpha value is -1.60. The van der Waals surface area contributed by atoms with Gasteiger partial charge >= 0.3 is 5.97 Å². The second kappa shape index (κ2) is 10.7. The van der Waals surface area contributed by atoms with E-state index in [4.69, 9.17) is 10.7 Å². The van der Waals surface area contributed by atoms with Crippen LogP contribution in [0.4, 0.5) is 0 Å². The first-order valence-electron chi connectivity index (χ1n) is 7.16. The van der Waals surface area contributed by atoms with E-state index < -0.39 is 25.0 Å². The number of hydrogen-bond acceptors (Lipinski definition) is 8. The number of nitrogens with one attached hydrogen (secondary N) is 1. The summed E-state index contributed by atoms with van der Waals surface area (Å²) in [7, 11) is -2.29. The zero-order chi connectivity index (χ0) is 20.5. The fourth-order valence-corrected chi connectivity index (χ4v) is 3.64. The molecule has 2 rings (SSSR count). The molecule has 0 atom stereocenters. The van der Waals surface area contributed by atoms with Crippen molar-refractivity contribution in [3.63, 3.8) is 0 Å². The molecule has 2 aromatic rings. The maximum absolute atomic E-state index is 11.6. The van der Waals surface area contributed by atoms with Crippen LogP contribution < -0.4 is 4.72 Å². The molecule has 0 spiro atoms. The summed E-state index contributed by atoms with van der Waals surface area (Å²) < 4.78 is 51.8. The normalized spacial score (nSPS) is 11.2. The molecule has 148 valence electrons. The third-order valence-corrected chi connectivity index (χ3v) is 5.76. The third kappa shape index (κ3) is 8.75. The molecule has 0 radical (unpaired) electrons. The highest BCUT2D eigenvalue weighted by atomic mass is 79.9. The lowest BCUT2D eigenvalue weighted by Crippen LogP contribution is -2.30. The van der Waals surface area contributed by atoms with Crippen LogP contribution in [0, 0.1) is 0 Å². The number of aromatic nitrogens is 2. The van der Waals surface area contributed by atoms with Crippen molar-refractivity contribution in [1.29, 1.82) is 0 Å². The SMILES string of the molecule is CCOC(=O)CNS(=O)(=O)c1cccnc1.O=S(=O)(Cl)c1cncc(Br)c1. The fraction of sp³-hybridized carbons (Fsp3) is 0.214. The van der Waals surface area contributed by atoms with E-state index in [1.54, 1.807) is 6.92 Å². The third-order valence-electron chi connectivity index (χ3n) is 2.62. The molecule has 0 unspecified atom stereocenters. The Morgan fingerprint density at radius 3 is 2.33 bits per heavy atom. The van der Waals surface area contributed by atoms with Gasteiger partial charge in [-0.15, -0.1) is 0 Å². The molecule has 0 aliphatic heterocycles. The van der Waals surface area contributed by atoms with Crippen molar-refractivity contribution in [2.75, 3.05) is 13.2 Å². The molecule has 0 fully saturated rings. The number of rotatable bonds is 6. The molecule has 13 heteroatoms. The number of pyridine rings is 2. The zero-order valence-corrected chi connectivity index (χ0v) is 17.8. The molecule has 2 heterocycles. The molecule has 0 bridgehead atoms. The van der Waals surface area contributed by atoms with Gasteiger partial charge in [-0.2, -0.15) is 4.72 Å². The standard InChI is InChI=1S/C9H12N2O4S.C5H3BrClNO2S/c1-2-15-9(12)7-11-16(13,14)8-4-3-5-10-6-8;6-4-1-5(3-8-2-4)11(7,9)10/h3-6,11H,2,7H2,1H3;1-3H. The fourth-order valence-electron chi connectivity index (χ4n) is 1.48. The van der Waals surface area contributed by atoms with E-state index in [9.17, 15) is 21.6 Å². The monoisotopic (exact) mass is 499 g/mol. The number of carbonyl (C=O) groups is 1. The smallest absolute Gasteiger partial charge is 0.321 e. The highest BCUT2D eigenvalue weighted by molar-refractivity contribution is 9.10. The minimum Gasteiger partial charge on any atom is -0.465 e. The Bertz CT molecular complexity index is 971. The van der Waals surface area contributed by atoms with Crippen LogP contribution in [0.5, 0.6) is 0 Å². The van der Waals surface area contributed by atoms with Gasteiger partial charge in [-0.05, 0) is 41.1 Å². The number of nitrogens with zero attached hydrogens (tertiary/aromatic N) is 2. The predicted molar refractivity (Wildman–Crippen MR) is 101 cm³/mol. The van der Waals surface area contributed by atoms with Crippen LogP contribution in [0.3, 0.4) is 0 Å². The van der Waals surface area contributed by atoms with E-state index in [1.165, 1.54) is 43.0 Å². The summed E-state index contributed by atoms with van der Waals surface area (Å²) in [5.41, 5.74) is 0. The average molecular weight is 501 g/mol. The zero-order valence-electron chi connectivity index (χ0n) is 13.9. The van der Waals surface area contributed by atoms with Crippen molar-refractivity contribution in [1.82, 2.24) is 14.7 Å². The van der Waals surface area contributed by atoms with Crippen molar-refractivity contribution < 1.29 is 26.4 Å². The molecule has 2 aromatic heterocycles. The van der Waals surface area contributed by atoms with E-state index in [-0.39, 0.29) is 22.9 Å². The number of carbonyl (C=O) groups excluding carboxylic acids is 1. The Balaban J connectivity index is 0.000000289. The van der Waals surface area contributed by atoms with E-state index in [1.807, 2.05) is 0 Å². The van der Waals surface area contributed by atoms with Gasteiger partial charge in [0.15, 0.2) is 0 Å². The largest absolute Gasteiger partial charge is 0.465 e. The van der Waals surface area contributed by atoms with Crippen molar-refractivity contribution >= 4 is 51.7 Å². The van der Waals surface area contributed by atoms with Gasteiger partial charge in [0.05, 0.1) is 6.61 Å². The van der Waals surface area contributed by atoms with Gasteiger partial charge < -0.3 is 4.74 Å². The maximum Gasteiger partial charge on any atom is 0.321 e. The Kier molecular flexibility index (Phi) is 9.26. The van der Waals surface area contributed by atoms with Crippen LogP contribution in [0.25, 0.3) is 0 Å². The lowest BCUT2D eigenvalue weighted by atomic mass is 10.5. The van der Waals surface area contributed by atoms with E-state index in [0.717, 1.165) is 0 Å². The first kappa shape index (κ1) is 23.4. The molecular formula is C14H15BrClN3O6S2. The predicted octanol–water partition coefficient (Wildman–Crippen LogP) is 1.69. The van der Waals surface area contributed by atoms with E-state index in [0.29, 0.717) is 4.47 Å². The number of halogens is 2. The molecule has 1 N–H and O–H groups in total. The highest BCUT2D eigenvalue weighted by Gasteiger charge is 2.15. The van der Waals surface area contributed by atoms with Gasteiger partial charge in [-0.3, -0.25) is 14.8 Å². The quantitative estimate of drug-likeness (QED) is 0.468. The summed E-state index contributed by atoms with van der Waals surface area (Å²) in [6, 6.07) is 4.27. The summed E-state index contributed by atoms with van der Waals surface area (Å²) in [5, 5.41) is 0. The number of sulfonamides is 1. The molecule has 9 nitrogen and oxygen atoms in total. The second-order valence-electron chi connectivity index (χ2n) is 4.60. The number of hydrogen-bond donors (Lipinski definition) is 1. The van der Waals surface area contributed by atoms with Gasteiger partial charge in [0.1, 0.15) is 16.3 Å². The summed E-state index contributed by atoms with van der Waals surface area (Å²) in [6.45, 7) is 1.48. The summed E-state index contributed by atoms with van der Waals surface area (Å²) in [5.74, 6) is -0.616. The lowest BCUT2D eigenvalue weighted by molar-refractivity contribution is -0.141. The first-order valence-corrected chi connectivity index (χ1v) is 11.8. The van der Waals surface area contributed by atoms with Gasteiger partial charge in [0, 0.05) is 39.9 Å². The molecule has 0 aliphatic carbocycles. The summed E-state index contributed by atoms with van der Waals surface area (Å²) in [6.07, 6.45) is 5.33. The van der Waals surface area contributed by atoms with Gasteiger partial charge in [-0.25, -0.2) is 16.8 Å². The molecule has 0 aliphatic rings. The Labute approximate surface area is 169 Å². The van der Waals surface area contributed by atoms with Crippen LogP contribution >= 0.6 is 26.6 Å². The maximum atomic E-state index is 11.6. The van der Waals surface area contributed by atoms with E-state index in [2.05, 4.69) is 35.4 Å². The van der Waals surface area contributed by atoms with Crippen molar-refractivity contribution in [2.24, 2.45) is 0 Å². The second-order valence-corrected chi connectivity index (χ2v) is 9.84. The minimum atomic E-state index is -3.69. The van der Waals surface area contributed by atoms with Gasteiger partial charge in [0.2, 0.25) is 10.0 Å². The molecule has 0 amide bonds. The Morgan fingerprint density at radius 2 is 1.85 bits per heavy atom. The Morgan fingerprint density at radius 1 is 1.19 bits per heavy atom. The molecule has 0 aromatic carbocycles. The highest BCUT2D eigenvalue weighted by Crippen LogP contribution is 2.17. The van der Waals surface area contributed by atoms with Crippen LogP contribution in [0.1, 0.15) is 6.92 Å². The van der Waals surface area contributed by atoms with Crippen LogP contribution in [-0.4, -0.2) is 45.9 Å². The number of esters is 1. The van der Waals surface area contributed by atoms with Crippen molar-refractivity contribution in [2.45, 2.75) is 16.7 Å². The molecule has 0 saturated heterocycles. The first-order chi connectivity index (χ1) is 12.6. The van der Waals surface area contributed by atoms with Crippen LogP contribution in [-0.2, 0) is 28.6 Å². The minimum absolute atomic E-state index is 0.00598. The lowest BCUT2D eigenvalue weighted by Gasteiger charge is -2.05. The number of ether oxygens (including phenoxy) is 1. The topological polar surface area (TPSA) is 132 Å². The van der Waals surface area contributed by atoms with Crippen LogP contribution in [0.2, 0.25) is 0 Å². The van der Waals surface area contributed by atoms with Crippen LogP contribution in [0.15, 0.2) is 57.3 Å². The summed E-state index contributed by atoms with van der Waals surface area (Å²) >= 11 is 3.07. The van der Waals surface area contributed by atoms with Crippen molar-refractivity contribution in [3.05, 3.63) is 47.5 Å². The van der Waals surface area contributed by atoms with Gasteiger partial charge in [-0.1, -0.05) is 0 Å². The van der Waals surface area contributed by atoms with Gasteiger partial charge in [0.25, 0.3) is 9.05 Å². The molecule has 27 heavy (non-hydrogen) atoms. The average Bonchev–Trinajstić information content (AvgIpc) is 2.61. The molecule has 0 saturated carbocycles. The molecular weight excluding hydrogens is 486 g/mol. The van der Waals surface area contributed by atoms with Crippen molar-refractivity contribution in [3.8, 4) is 0 Å².